The quantitative estimate of drug-likeness (QED) is 0.158. The van der Waals surface area contributed by atoms with Crippen molar-refractivity contribution in [1.82, 2.24) is 5.32 Å². The zero-order valence-corrected chi connectivity index (χ0v) is 22.1. The summed E-state index contributed by atoms with van der Waals surface area (Å²) in [6.45, 7) is 5.51. The van der Waals surface area contributed by atoms with E-state index >= 15 is 0 Å². The van der Waals surface area contributed by atoms with Gasteiger partial charge in [0.25, 0.3) is 0 Å². The van der Waals surface area contributed by atoms with Gasteiger partial charge in [-0.05, 0) is 36.6 Å². The molecule has 3 atom stereocenters. The van der Waals surface area contributed by atoms with Gasteiger partial charge in [-0.25, -0.2) is 4.79 Å². The van der Waals surface area contributed by atoms with E-state index in [0.717, 1.165) is 11.8 Å². The molecule has 1 aromatic rings. The molecule has 0 aromatic heterocycles. The maximum atomic E-state index is 13.8. The average Bonchev–Trinajstić information content (AvgIpc) is 2.85. The predicted molar refractivity (Wildman–Crippen MR) is 135 cm³/mol. The number of rotatable bonds is 9. The van der Waals surface area contributed by atoms with Crippen LogP contribution in [0.15, 0.2) is 34.7 Å². The number of thioether (sulfide) groups is 1. The van der Waals surface area contributed by atoms with Crippen LogP contribution < -0.4 is 10.1 Å². The van der Waals surface area contributed by atoms with Crippen molar-refractivity contribution in [2.45, 2.75) is 33.1 Å². The van der Waals surface area contributed by atoms with Gasteiger partial charge in [0.05, 0.1) is 24.7 Å². The first-order valence-electron chi connectivity index (χ1n) is 11.7. The number of methoxy groups -OCH3 is 2. The number of carbonyl (C=O) groups excluding carboxylic acids is 3. The molecule has 0 radical (unpaired) electrons. The summed E-state index contributed by atoms with van der Waals surface area (Å²) in [7, 11) is 2.43. The summed E-state index contributed by atoms with van der Waals surface area (Å²) in [5.74, 6) is -4.03. The molecule has 0 spiro atoms. The Bertz CT molecular complexity index is 1190. The number of dihydropyridines is 1. The third-order valence-corrected chi connectivity index (χ3v) is 7.32. The monoisotopic (exact) mass is 534 g/mol. The van der Waals surface area contributed by atoms with Gasteiger partial charge in [-0.15, -0.1) is 0 Å². The van der Waals surface area contributed by atoms with Crippen molar-refractivity contribution >= 4 is 35.2 Å². The van der Waals surface area contributed by atoms with Gasteiger partial charge in [-0.3, -0.25) is 19.7 Å². The van der Waals surface area contributed by atoms with Gasteiger partial charge in [0.2, 0.25) is 5.75 Å². The van der Waals surface area contributed by atoms with E-state index in [1.54, 1.807) is 25.6 Å². The molecule has 11 nitrogen and oxygen atoms in total. The number of nitrogens with one attached hydrogen (secondary N) is 1. The van der Waals surface area contributed by atoms with Crippen LogP contribution in [0.3, 0.4) is 0 Å². The first kappa shape index (κ1) is 28.0. The molecule has 200 valence electrons. The van der Waals surface area contributed by atoms with Gasteiger partial charge < -0.3 is 24.6 Å². The van der Waals surface area contributed by atoms with E-state index < -0.39 is 45.9 Å². The molecule has 0 bridgehead atoms. The smallest absolute Gasteiger partial charge is 0.336 e. The molecule has 12 heteroatoms. The molecule has 1 heterocycles. The lowest BCUT2D eigenvalue weighted by Gasteiger charge is -2.38. The van der Waals surface area contributed by atoms with Crippen LogP contribution in [0.25, 0.3) is 0 Å². The molecular formula is C25H30N2O9S. The minimum Gasteiger partial charge on any atom is -0.500 e. The first-order chi connectivity index (χ1) is 17.6. The molecule has 0 saturated carbocycles. The minimum atomic E-state index is -1.11. The van der Waals surface area contributed by atoms with E-state index in [2.05, 4.69) is 5.32 Å². The van der Waals surface area contributed by atoms with Crippen molar-refractivity contribution < 1.29 is 38.6 Å². The zero-order chi connectivity index (χ0) is 27.4. The second-order valence-electron chi connectivity index (χ2n) is 8.72. The molecule has 2 N–H and O–H groups in total. The number of ether oxygens (including phenoxy) is 3. The summed E-state index contributed by atoms with van der Waals surface area (Å²) in [5.41, 5.74) is 0.637. The van der Waals surface area contributed by atoms with Gasteiger partial charge in [0.15, 0.2) is 11.5 Å². The molecule has 0 fully saturated rings. The summed E-state index contributed by atoms with van der Waals surface area (Å²) in [5, 5.41) is 25.2. The van der Waals surface area contributed by atoms with Crippen LogP contribution in [0.1, 0.15) is 38.7 Å². The van der Waals surface area contributed by atoms with Crippen LogP contribution in [0.5, 0.6) is 11.5 Å². The molecule has 37 heavy (non-hydrogen) atoms. The van der Waals surface area contributed by atoms with Crippen molar-refractivity contribution in [2.24, 2.45) is 11.8 Å². The summed E-state index contributed by atoms with van der Waals surface area (Å²) in [4.78, 5) is 50.6. The Morgan fingerprint density at radius 3 is 2.59 bits per heavy atom. The van der Waals surface area contributed by atoms with Crippen LogP contribution in [-0.2, 0) is 23.9 Å². The molecule has 1 aromatic carbocycles. The average molecular weight is 535 g/mol. The van der Waals surface area contributed by atoms with Crippen LogP contribution in [0.2, 0.25) is 0 Å². The summed E-state index contributed by atoms with van der Waals surface area (Å²) in [6.07, 6.45) is 0.307. The number of hydrogen-bond donors (Lipinski definition) is 2. The summed E-state index contributed by atoms with van der Waals surface area (Å²) in [6, 6.07) is 2.44. The van der Waals surface area contributed by atoms with E-state index in [0.29, 0.717) is 23.6 Å². The van der Waals surface area contributed by atoms with Crippen molar-refractivity contribution in [2.75, 3.05) is 32.3 Å². The number of esters is 2. The predicted octanol–water partition coefficient (Wildman–Crippen LogP) is 3.22. The zero-order valence-electron chi connectivity index (χ0n) is 21.3. The third kappa shape index (κ3) is 5.43. The minimum absolute atomic E-state index is 0.0776. The van der Waals surface area contributed by atoms with E-state index in [4.69, 9.17) is 14.2 Å². The number of phenols is 1. The van der Waals surface area contributed by atoms with Gasteiger partial charge in [-0.2, -0.15) is 11.8 Å². The molecule has 3 rings (SSSR count). The topological polar surface area (TPSA) is 154 Å². The fraction of sp³-hybridized carbons (Fsp3) is 0.480. The lowest BCUT2D eigenvalue weighted by atomic mass is 9.69. The number of nitro groups is 1. The molecule has 0 amide bonds. The van der Waals surface area contributed by atoms with Gasteiger partial charge in [0.1, 0.15) is 12.5 Å². The van der Waals surface area contributed by atoms with Crippen LogP contribution in [0.4, 0.5) is 5.69 Å². The molecule has 1 aliphatic heterocycles. The second-order valence-corrected chi connectivity index (χ2v) is 10.1. The number of Topliss-reactive ketones (excluding diaryl/α,β-unsaturated/α-hetero) is 1. The first-order valence-corrected chi connectivity index (χ1v) is 12.9. The van der Waals surface area contributed by atoms with Crippen molar-refractivity contribution in [3.63, 3.8) is 0 Å². The summed E-state index contributed by atoms with van der Waals surface area (Å²) >= 11 is 1.59. The Hall–Kier alpha value is -3.54. The molecule has 2 aliphatic rings. The Labute approximate surface area is 218 Å². The SMILES string of the molecule is CCSCCOC(=O)C1=C(C)NC2=C(C(=O)[C@H](C(=O)OC)[C@H](C)C2)[C@H]1c1cc(OC)c(O)c([N+](=O)[O-])c1. The number of phenolic OH excluding ortho intramolecular Hbond substituents is 1. The fourth-order valence-corrected chi connectivity index (χ4v) is 5.26. The molecular weight excluding hydrogens is 504 g/mol. The normalized spacial score (nSPS) is 21.2. The number of carbonyl (C=O) groups is 3. The summed E-state index contributed by atoms with van der Waals surface area (Å²) < 4.78 is 15.5. The van der Waals surface area contributed by atoms with Crippen LogP contribution in [-0.4, -0.2) is 60.1 Å². The Morgan fingerprint density at radius 2 is 2.00 bits per heavy atom. The third-order valence-electron chi connectivity index (χ3n) is 6.46. The highest BCUT2D eigenvalue weighted by molar-refractivity contribution is 7.99. The highest BCUT2D eigenvalue weighted by atomic mass is 32.2. The molecule has 0 unspecified atom stereocenters. The van der Waals surface area contributed by atoms with E-state index in [1.807, 2.05) is 6.92 Å². The number of allylic oxidation sites excluding steroid dienone is 3. The van der Waals surface area contributed by atoms with Gasteiger partial charge in [0, 0.05) is 34.7 Å². The number of ketones is 1. The maximum absolute atomic E-state index is 13.8. The number of nitrogens with zero attached hydrogens (tertiary/aromatic N) is 1. The number of benzene rings is 1. The van der Waals surface area contributed by atoms with Crippen molar-refractivity contribution in [3.05, 3.63) is 50.4 Å². The number of aromatic hydroxyl groups is 1. The maximum Gasteiger partial charge on any atom is 0.336 e. The Kier molecular flexibility index (Phi) is 8.85. The largest absolute Gasteiger partial charge is 0.500 e. The highest BCUT2D eigenvalue weighted by Gasteiger charge is 2.47. The molecule has 0 saturated heterocycles. The Morgan fingerprint density at radius 1 is 1.30 bits per heavy atom. The lowest BCUT2D eigenvalue weighted by molar-refractivity contribution is -0.386. The number of hydrogen-bond acceptors (Lipinski definition) is 11. The standard InChI is InChI=1S/C25H30N2O9S/c1-6-37-8-7-36-25(31)19-13(3)26-15-9-12(2)18(24(30)35-5)23(29)21(15)20(19)14-10-16(27(32)33)22(28)17(11-14)34-4/h10-12,18,20,26,28H,6-9H2,1-5H3/t12-,18-,20+/m1/s1. The highest BCUT2D eigenvalue weighted by Crippen LogP contribution is 2.48. The van der Waals surface area contributed by atoms with E-state index in [9.17, 15) is 29.6 Å². The van der Waals surface area contributed by atoms with Gasteiger partial charge in [-0.1, -0.05) is 13.8 Å². The fourth-order valence-electron chi connectivity index (χ4n) is 4.78. The van der Waals surface area contributed by atoms with Crippen molar-refractivity contribution in [3.8, 4) is 11.5 Å². The van der Waals surface area contributed by atoms with Crippen LogP contribution in [0, 0.1) is 22.0 Å². The lowest BCUT2D eigenvalue weighted by Crippen LogP contribution is -2.43. The molecule has 1 aliphatic carbocycles. The Balaban J connectivity index is 2.22. The van der Waals surface area contributed by atoms with Crippen LogP contribution >= 0.6 is 11.8 Å². The van der Waals surface area contributed by atoms with E-state index in [1.165, 1.54) is 20.3 Å². The van der Waals surface area contributed by atoms with Gasteiger partial charge >= 0.3 is 17.6 Å². The number of nitro benzene ring substituents is 1. The second kappa shape index (κ2) is 11.7. The van der Waals surface area contributed by atoms with Crippen molar-refractivity contribution in [1.29, 1.82) is 0 Å². The van der Waals surface area contributed by atoms with E-state index in [-0.39, 0.29) is 35.0 Å².